The molecule has 1 nitrogen and oxygen atoms in total. The molecule has 2 unspecified atom stereocenters. The van der Waals surface area contributed by atoms with Crippen LogP contribution < -0.4 is 4.90 Å². The van der Waals surface area contributed by atoms with Gasteiger partial charge in [-0.05, 0) is 68.2 Å². The fourth-order valence-corrected chi connectivity index (χ4v) is 3.51. The van der Waals surface area contributed by atoms with Gasteiger partial charge in [0.2, 0.25) is 0 Å². The fraction of sp³-hybridized carbons (Fsp3) is 0.429. The molecule has 1 heteroatoms. The largest absolute Gasteiger partial charge is 0.372 e. The molecule has 1 aliphatic carbocycles. The van der Waals surface area contributed by atoms with E-state index in [4.69, 9.17) is 0 Å². The van der Waals surface area contributed by atoms with Crippen molar-refractivity contribution in [3.05, 3.63) is 65.2 Å². The van der Waals surface area contributed by atoms with Gasteiger partial charge in [-0.15, -0.1) is 0 Å². The molecule has 2 aromatic carbocycles. The maximum atomic E-state index is 2.54. The summed E-state index contributed by atoms with van der Waals surface area (Å²) in [6.45, 7) is 8.94. The van der Waals surface area contributed by atoms with Crippen LogP contribution in [0.4, 0.5) is 5.69 Å². The highest BCUT2D eigenvalue weighted by atomic mass is 15.1. The third-order valence-corrected chi connectivity index (χ3v) is 5.01. The van der Waals surface area contributed by atoms with Gasteiger partial charge in [-0.2, -0.15) is 0 Å². The number of anilines is 1. The smallest absolute Gasteiger partial charge is 0.0398 e. The molecule has 1 aliphatic rings. The van der Waals surface area contributed by atoms with E-state index in [-0.39, 0.29) is 0 Å². The molecule has 22 heavy (non-hydrogen) atoms. The molecular weight excluding hydrogens is 266 g/mol. The molecule has 0 radical (unpaired) electrons. The molecule has 0 saturated heterocycles. The van der Waals surface area contributed by atoms with Crippen molar-refractivity contribution < 1.29 is 0 Å². The predicted molar refractivity (Wildman–Crippen MR) is 95.7 cm³/mol. The standard InChI is InChI=1S/C21H27N/c1-4-22(21-14-16(2)10-11-17(21)3)13-12-19-15-20(19)18-8-6-5-7-9-18/h5-11,14,19-20H,4,12-13,15H2,1-3H3. The Balaban J connectivity index is 1.60. The second-order valence-electron chi connectivity index (χ2n) is 6.67. The molecule has 2 aromatic rings. The monoisotopic (exact) mass is 293 g/mol. The molecule has 0 bridgehead atoms. The average Bonchev–Trinajstić information content (AvgIpc) is 3.32. The highest BCUT2D eigenvalue weighted by Crippen LogP contribution is 2.49. The van der Waals surface area contributed by atoms with Gasteiger partial charge in [0.15, 0.2) is 0 Å². The van der Waals surface area contributed by atoms with Gasteiger partial charge in [0.1, 0.15) is 0 Å². The Hall–Kier alpha value is -1.76. The SMILES string of the molecule is CCN(CCC1CC1c1ccccc1)c1cc(C)ccc1C. The summed E-state index contributed by atoms with van der Waals surface area (Å²) in [7, 11) is 0. The van der Waals surface area contributed by atoms with E-state index in [0.717, 1.165) is 18.4 Å². The summed E-state index contributed by atoms with van der Waals surface area (Å²) in [4.78, 5) is 2.54. The molecule has 1 saturated carbocycles. The summed E-state index contributed by atoms with van der Waals surface area (Å²) in [5.41, 5.74) is 5.69. The van der Waals surface area contributed by atoms with E-state index >= 15 is 0 Å². The Labute approximate surface area is 135 Å². The first-order chi connectivity index (χ1) is 10.7. The van der Waals surface area contributed by atoms with Gasteiger partial charge >= 0.3 is 0 Å². The summed E-state index contributed by atoms with van der Waals surface area (Å²) in [6.07, 6.45) is 2.68. The van der Waals surface area contributed by atoms with Crippen molar-refractivity contribution >= 4 is 5.69 Å². The van der Waals surface area contributed by atoms with Crippen LogP contribution in [0, 0.1) is 19.8 Å². The number of hydrogen-bond donors (Lipinski definition) is 0. The van der Waals surface area contributed by atoms with E-state index in [0.29, 0.717) is 0 Å². The number of aryl methyl sites for hydroxylation is 2. The lowest BCUT2D eigenvalue weighted by molar-refractivity contribution is 0.670. The minimum Gasteiger partial charge on any atom is -0.372 e. The topological polar surface area (TPSA) is 3.24 Å². The van der Waals surface area contributed by atoms with Crippen molar-refractivity contribution in [1.29, 1.82) is 0 Å². The van der Waals surface area contributed by atoms with E-state index in [2.05, 4.69) is 74.2 Å². The molecule has 116 valence electrons. The summed E-state index contributed by atoms with van der Waals surface area (Å²) >= 11 is 0. The van der Waals surface area contributed by atoms with Crippen molar-refractivity contribution in [3.63, 3.8) is 0 Å². The van der Waals surface area contributed by atoms with Gasteiger partial charge in [-0.25, -0.2) is 0 Å². The minimum atomic E-state index is 0.804. The fourth-order valence-electron chi connectivity index (χ4n) is 3.51. The van der Waals surface area contributed by atoms with E-state index in [1.54, 1.807) is 0 Å². The van der Waals surface area contributed by atoms with E-state index in [1.807, 2.05) is 0 Å². The Bertz CT molecular complexity index is 617. The average molecular weight is 293 g/mol. The van der Waals surface area contributed by atoms with E-state index in [9.17, 15) is 0 Å². The van der Waals surface area contributed by atoms with Crippen molar-refractivity contribution in [3.8, 4) is 0 Å². The lowest BCUT2D eigenvalue weighted by Crippen LogP contribution is -2.25. The first-order valence-electron chi connectivity index (χ1n) is 8.56. The van der Waals surface area contributed by atoms with Crippen molar-refractivity contribution in [2.45, 2.75) is 39.5 Å². The van der Waals surface area contributed by atoms with Gasteiger partial charge in [0.05, 0.1) is 0 Å². The molecule has 0 heterocycles. The Morgan fingerprint density at radius 2 is 1.82 bits per heavy atom. The molecule has 0 aromatic heterocycles. The lowest BCUT2D eigenvalue weighted by Gasteiger charge is -2.25. The quantitative estimate of drug-likeness (QED) is 0.696. The Morgan fingerprint density at radius 1 is 1.05 bits per heavy atom. The summed E-state index contributed by atoms with van der Waals surface area (Å²) in [5.74, 6) is 1.68. The molecule has 0 aliphatic heterocycles. The second-order valence-corrected chi connectivity index (χ2v) is 6.67. The van der Waals surface area contributed by atoms with E-state index in [1.165, 1.54) is 41.8 Å². The van der Waals surface area contributed by atoms with Gasteiger partial charge in [0, 0.05) is 18.8 Å². The number of hydrogen-bond acceptors (Lipinski definition) is 1. The van der Waals surface area contributed by atoms with Gasteiger partial charge in [0.25, 0.3) is 0 Å². The van der Waals surface area contributed by atoms with Gasteiger partial charge in [-0.3, -0.25) is 0 Å². The van der Waals surface area contributed by atoms with Crippen LogP contribution in [0.5, 0.6) is 0 Å². The van der Waals surface area contributed by atoms with Crippen LogP contribution >= 0.6 is 0 Å². The first-order valence-corrected chi connectivity index (χ1v) is 8.56. The third kappa shape index (κ3) is 3.35. The number of benzene rings is 2. The summed E-state index contributed by atoms with van der Waals surface area (Å²) in [5, 5.41) is 0. The molecule has 0 amide bonds. The van der Waals surface area contributed by atoms with Crippen LogP contribution in [0.15, 0.2) is 48.5 Å². The Kier molecular flexibility index (Phi) is 4.52. The van der Waals surface area contributed by atoms with Crippen molar-refractivity contribution in [2.24, 2.45) is 5.92 Å². The minimum absolute atomic E-state index is 0.804. The predicted octanol–water partition coefficient (Wildman–Crippen LogP) is 5.32. The van der Waals surface area contributed by atoms with Crippen molar-refractivity contribution in [2.75, 3.05) is 18.0 Å². The van der Waals surface area contributed by atoms with Crippen LogP contribution in [-0.4, -0.2) is 13.1 Å². The lowest BCUT2D eigenvalue weighted by atomic mass is 10.1. The van der Waals surface area contributed by atoms with Crippen LogP contribution in [0.25, 0.3) is 0 Å². The van der Waals surface area contributed by atoms with E-state index < -0.39 is 0 Å². The molecular formula is C21H27N. The molecule has 2 atom stereocenters. The second kappa shape index (κ2) is 6.56. The van der Waals surface area contributed by atoms with Gasteiger partial charge < -0.3 is 4.90 Å². The first kappa shape index (κ1) is 15.1. The van der Waals surface area contributed by atoms with Crippen LogP contribution in [0.2, 0.25) is 0 Å². The zero-order valence-corrected chi connectivity index (χ0v) is 14.0. The Morgan fingerprint density at radius 3 is 2.55 bits per heavy atom. The molecule has 1 fully saturated rings. The maximum absolute atomic E-state index is 2.54. The van der Waals surface area contributed by atoms with Crippen LogP contribution in [0.3, 0.4) is 0 Å². The van der Waals surface area contributed by atoms with Crippen molar-refractivity contribution in [1.82, 2.24) is 0 Å². The van der Waals surface area contributed by atoms with Crippen LogP contribution in [-0.2, 0) is 0 Å². The summed E-state index contributed by atoms with van der Waals surface area (Å²) < 4.78 is 0. The molecule has 0 spiro atoms. The third-order valence-electron chi connectivity index (χ3n) is 5.01. The highest BCUT2D eigenvalue weighted by molar-refractivity contribution is 5.54. The molecule has 0 N–H and O–H groups in total. The van der Waals surface area contributed by atoms with Crippen LogP contribution in [0.1, 0.15) is 42.4 Å². The zero-order chi connectivity index (χ0) is 15.5. The number of nitrogens with zero attached hydrogens (tertiary/aromatic N) is 1. The zero-order valence-electron chi connectivity index (χ0n) is 14.0. The highest BCUT2D eigenvalue weighted by Gasteiger charge is 2.37. The maximum Gasteiger partial charge on any atom is 0.0398 e. The summed E-state index contributed by atoms with van der Waals surface area (Å²) in [6, 6.07) is 17.8. The van der Waals surface area contributed by atoms with Gasteiger partial charge in [-0.1, -0.05) is 42.5 Å². The molecule has 3 rings (SSSR count). The number of rotatable bonds is 6. The normalized spacial score (nSPS) is 20.0.